The third-order valence-electron chi connectivity index (χ3n) is 1.57. The molecule has 0 fully saturated rings. The van der Waals surface area contributed by atoms with Crippen LogP contribution in [0.5, 0.6) is 0 Å². The number of hydrogen-bond acceptors (Lipinski definition) is 3. The Balaban J connectivity index is 3.43. The van der Waals surface area contributed by atoms with Gasteiger partial charge in [-0.1, -0.05) is 0 Å². The zero-order chi connectivity index (χ0) is 11.0. The number of nitrogens with one attached hydrogen (secondary N) is 2. The molecule has 0 atom stereocenters. The summed E-state index contributed by atoms with van der Waals surface area (Å²) in [5, 5.41) is 14.1. The first kappa shape index (κ1) is 12.9. The third kappa shape index (κ3) is 9.01. The number of amides is 1. The average Bonchev–Trinajstić information content (AvgIpc) is 2.08. The summed E-state index contributed by atoms with van der Waals surface area (Å²) in [6.07, 6.45) is 1.21. The lowest BCUT2D eigenvalue weighted by molar-refractivity contribution is -0.120. The molecule has 0 aromatic heterocycles. The van der Waals surface area contributed by atoms with Crippen LogP contribution in [0, 0.1) is 11.3 Å². The first-order valence-corrected chi connectivity index (χ1v) is 4.84. The third-order valence-corrected chi connectivity index (χ3v) is 1.57. The van der Waals surface area contributed by atoms with E-state index < -0.39 is 0 Å². The molecule has 0 aliphatic heterocycles. The van der Waals surface area contributed by atoms with Crippen molar-refractivity contribution in [3.8, 4) is 6.07 Å². The smallest absolute Gasteiger partial charge is 0.233 e. The predicted molar refractivity (Wildman–Crippen MR) is 55.6 cm³/mol. The van der Waals surface area contributed by atoms with E-state index in [-0.39, 0.29) is 11.4 Å². The number of carbonyl (C=O) groups is 1. The topological polar surface area (TPSA) is 64.9 Å². The van der Waals surface area contributed by atoms with Crippen LogP contribution in [0.25, 0.3) is 0 Å². The summed E-state index contributed by atoms with van der Waals surface area (Å²) in [6.45, 7) is 6.94. The maximum atomic E-state index is 11.2. The highest BCUT2D eigenvalue weighted by molar-refractivity contribution is 5.78. The molecular weight excluding hydrogens is 178 g/mol. The lowest BCUT2D eigenvalue weighted by Gasteiger charge is -2.19. The van der Waals surface area contributed by atoms with Crippen molar-refractivity contribution in [2.24, 2.45) is 0 Å². The minimum atomic E-state index is -0.0377. The Hall–Kier alpha value is -1.08. The van der Waals surface area contributed by atoms with E-state index in [1.807, 2.05) is 26.8 Å². The normalized spacial score (nSPS) is 10.7. The Morgan fingerprint density at radius 2 is 2.07 bits per heavy atom. The van der Waals surface area contributed by atoms with Gasteiger partial charge in [0.05, 0.1) is 12.6 Å². The maximum Gasteiger partial charge on any atom is 0.233 e. The quantitative estimate of drug-likeness (QED) is 0.640. The van der Waals surface area contributed by atoms with E-state index >= 15 is 0 Å². The Morgan fingerprint density at radius 3 is 2.57 bits per heavy atom. The summed E-state index contributed by atoms with van der Waals surface area (Å²) in [7, 11) is 0. The first-order chi connectivity index (χ1) is 6.45. The highest BCUT2D eigenvalue weighted by Gasteiger charge is 2.10. The molecule has 2 N–H and O–H groups in total. The van der Waals surface area contributed by atoms with E-state index in [1.165, 1.54) is 0 Å². The molecule has 0 aliphatic carbocycles. The summed E-state index contributed by atoms with van der Waals surface area (Å²) in [5.74, 6) is -0.0159. The van der Waals surface area contributed by atoms with Crippen LogP contribution in [0.3, 0.4) is 0 Å². The molecule has 0 bridgehead atoms. The second kappa shape index (κ2) is 6.39. The van der Waals surface area contributed by atoms with Crippen molar-refractivity contribution in [1.29, 1.82) is 5.26 Å². The minimum absolute atomic E-state index is 0.0159. The van der Waals surface area contributed by atoms with Crippen LogP contribution in [-0.4, -0.2) is 24.5 Å². The van der Waals surface area contributed by atoms with Crippen molar-refractivity contribution in [3.63, 3.8) is 0 Å². The van der Waals surface area contributed by atoms with Crippen molar-refractivity contribution in [2.45, 2.75) is 39.2 Å². The van der Waals surface area contributed by atoms with E-state index in [9.17, 15) is 4.79 Å². The summed E-state index contributed by atoms with van der Waals surface area (Å²) in [5.41, 5.74) is -0.0377. The number of rotatable bonds is 5. The zero-order valence-corrected chi connectivity index (χ0v) is 9.18. The van der Waals surface area contributed by atoms with Gasteiger partial charge >= 0.3 is 0 Å². The monoisotopic (exact) mass is 197 g/mol. The fraction of sp³-hybridized carbons (Fsp3) is 0.800. The second-order valence-electron chi connectivity index (χ2n) is 4.22. The van der Waals surface area contributed by atoms with Crippen LogP contribution in [0.4, 0.5) is 0 Å². The van der Waals surface area contributed by atoms with Gasteiger partial charge < -0.3 is 10.6 Å². The van der Waals surface area contributed by atoms with Gasteiger partial charge in [-0.2, -0.15) is 5.26 Å². The van der Waals surface area contributed by atoms with Crippen molar-refractivity contribution in [3.05, 3.63) is 0 Å². The SMILES string of the molecule is CC(C)(C)NCC(=O)NCCCC#N. The van der Waals surface area contributed by atoms with Gasteiger partial charge in [0.25, 0.3) is 0 Å². The molecular formula is C10H19N3O. The molecule has 0 saturated carbocycles. The fourth-order valence-corrected chi connectivity index (χ4v) is 0.803. The molecule has 0 saturated heterocycles. The first-order valence-electron chi connectivity index (χ1n) is 4.84. The second-order valence-corrected chi connectivity index (χ2v) is 4.22. The Labute approximate surface area is 85.7 Å². The largest absolute Gasteiger partial charge is 0.355 e. The van der Waals surface area contributed by atoms with Gasteiger partial charge in [0.1, 0.15) is 0 Å². The molecule has 0 heterocycles. The molecule has 0 radical (unpaired) electrons. The van der Waals surface area contributed by atoms with Gasteiger partial charge in [-0.25, -0.2) is 0 Å². The van der Waals surface area contributed by atoms with Gasteiger partial charge in [0.15, 0.2) is 0 Å². The summed E-state index contributed by atoms with van der Waals surface area (Å²) >= 11 is 0. The molecule has 0 rings (SSSR count). The molecule has 4 heteroatoms. The van der Waals surface area contributed by atoms with Crippen LogP contribution in [0.1, 0.15) is 33.6 Å². The lowest BCUT2D eigenvalue weighted by Crippen LogP contribution is -2.43. The predicted octanol–water partition coefficient (Wildman–Crippen LogP) is 0.794. The maximum absolute atomic E-state index is 11.2. The summed E-state index contributed by atoms with van der Waals surface area (Å²) in [4.78, 5) is 11.2. The fourth-order valence-electron chi connectivity index (χ4n) is 0.803. The Bertz CT molecular complexity index is 212. The van der Waals surface area contributed by atoms with Gasteiger partial charge in [-0.15, -0.1) is 0 Å². The van der Waals surface area contributed by atoms with E-state index in [2.05, 4.69) is 10.6 Å². The summed E-state index contributed by atoms with van der Waals surface area (Å²) in [6, 6.07) is 2.03. The molecule has 0 aliphatic rings. The number of hydrogen-bond donors (Lipinski definition) is 2. The Morgan fingerprint density at radius 1 is 1.43 bits per heavy atom. The standard InChI is InChI=1S/C10H19N3O/c1-10(2,3)13-8-9(14)12-7-5-4-6-11/h13H,4-5,7-8H2,1-3H3,(H,12,14). The van der Waals surface area contributed by atoms with E-state index in [0.717, 1.165) is 6.42 Å². The summed E-state index contributed by atoms with van der Waals surface area (Å²) < 4.78 is 0. The molecule has 4 nitrogen and oxygen atoms in total. The Kier molecular flexibility index (Phi) is 5.89. The minimum Gasteiger partial charge on any atom is -0.355 e. The number of nitriles is 1. The number of unbranched alkanes of at least 4 members (excludes halogenated alkanes) is 1. The highest BCUT2D eigenvalue weighted by atomic mass is 16.1. The zero-order valence-electron chi connectivity index (χ0n) is 9.18. The van der Waals surface area contributed by atoms with Crippen LogP contribution >= 0.6 is 0 Å². The van der Waals surface area contributed by atoms with Crippen LogP contribution in [0.2, 0.25) is 0 Å². The van der Waals surface area contributed by atoms with Crippen molar-refractivity contribution in [1.82, 2.24) is 10.6 Å². The van der Waals surface area contributed by atoms with Crippen molar-refractivity contribution in [2.75, 3.05) is 13.1 Å². The van der Waals surface area contributed by atoms with E-state index in [4.69, 9.17) is 5.26 Å². The molecule has 1 amide bonds. The van der Waals surface area contributed by atoms with E-state index in [1.54, 1.807) is 0 Å². The highest BCUT2D eigenvalue weighted by Crippen LogP contribution is 1.96. The van der Waals surface area contributed by atoms with Gasteiger partial charge in [-0.3, -0.25) is 4.79 Å². The van der Waals surface area contributed by atoms with E-state index in [0.29, 0.717) is 19.5 Å². The van der Waals surface area contributed by atoms with Gasteiger partial charge in [-0.05, 0) is 27.2 Å². The molecule has 0 aromatic carbocycles. The lowest BCUT2D eigenvalue weighted by atomic mass is 10.1. The van der Waals surface area contributed by atoms with Crippen LogP contribution in [-0.2, 0) is 4.79 Å². The van der Waals surface area contributed by atoms with Crippen LogP contribution in [0.15, 0.2) is 0 Å². The van der Waals surface area contributed by atoms with Crippen LogP contribution < -0.4 is 10.6 Å². The molecule has 0 spiro atoms. The molecule has 14 heavy (non-hydrogen) atoms. The van der Waals surface area contributed by atoms with Gasteiger partial charge in [0.2, 0.25) is 5.91 Å². The molecule has 0 aromatic rings. The van der Waals surface area contributed by atoms with Crippen molar-refractivity contribution >= 4 is 5.91 Å². The van der Waals surface area contributed by atoms with Crippen molar-refractivity contribution < 1.29 is 4.79 Å². The average molecular weight is 197 g/mol. The molecule has 0 unspecified atom stereocenters. The molecule has 80 valence electrons. The number of carbonyl (C=O) groups excluding carboxylic acids is 1. The number of nitrogens with zero attached hydrogens (tertiary/aromatic N) is 1. The van der Waals surface area contributed by atoms with Gasteiger partial charge in [0, 0.05) is 18.5 Å².